The van der Waals surface area contributed by atoms with Crippen molar-refractivity contribution in [2.45, 2.75) is 26.3 Å². The zero-order valence-corrected chi connectivity index (χ0v) is 11.3. The molecule has 0 aliphatic carbocycles. The lowest BCUT2D eigenvalue weighted by molar-refractivity contribution is -0.139. The molecule has 0 aromatic heterocycles. The minimum absolute atomic E-state index is 0.0384. The molecule has 1 atom stereocenters. The molecule has 6 nitrogen and oxygen atoms in total. The van der Waals surface area contributed by atoms with E-state index in [0.717, 1.165) is 39.1 Å². The first kappa shape index (κ1) is 14.9. The summed E-state index contributed by atoms with van der Waals surface area (Å²) in [6.07, 6.45) is 0.819. The summed E-state index contributed by atoms with van der Waals surface area (Å²) in [7, 11) is 0. The number of carbonyl (C=O) groups is 2. The van der Waals surface area contributed by atoms with Crippen LogP contribution in [0.2, 0.25) is 0 Å². The molecule has 0 bridgehead atoms. The van der Waals surface area contributed by atoms with E-state index < -0.39 is 11.8 Å². The number of nitrogens with one attached hydrogen (secondary N) is 3. The molecule has 0 radical (unpaired) electrons. The Balaban J connectivity index is 2.13. The third-order valence-electron chi connectivity index (χ3n) is 3.12. The molecular formula is C12H24N4O2. The van der Waals surface area contributed by atoms with Crippen LogP contribution in [-0.4, -0.2) is 62.0 Å². The number of nitrogens with zero attached hydrogens (tertiary/aromatic N) is 1. The van der Waals surface area contributed by atoms with Crippen LogP contribution in [0.15, 0.2) is 0 Å². The van der Waals surface area contributed by atoms with Crippen molar-refractivity contribution >= 4 is 11.8 Å². The van der Waals surface area contributed by atoms with Crippen molar-refractivity contribution in [2.24, 2.45) is 0 Å². The van der Waals surface area contributed by atoms with Crippen LogP contribution in [0, 0.1) is 0 Å². The molecule has 6 heteroatoms. The van der Waals surface area contributed by atoms with Crippen LogP contribution < -0.4 is 16.0 Å². The van der Waals surface area contributed by atoms with Gasteiger partial charge in [-0.05, 0) is 13.3 Å². The predicted molar refractivity (Wildman–Crippen MR) is 70.2 cm³/mol. The third kappa shape index (κ3) is 5.46. The number of hydrogen-bond acceptors (Lipinski definition) is 4. The number of rotatable bonds is 5. The molecule has 1 rings (SSSR count). The Labute approximate surface area is 108 Å². The Morgan fingerprint density at radius 1 is 1.28 bits per heavy atom. The molecule has 2 amide bonds. The summed E-state index contributed by atoms with van der Waals surface area (Å²) in [5.74, 6) is -1.07. The Morgan fingerprint density at radius 2 is 1.94 bits per heavy atom. The Morgan fingerprint density at radius 3 is 2.56 bits per heavy atom. The van der Waals surface area contributed by atoms with Gasteiger partial charge in [-0.25, -0.2) is 0 Å². The SMILES string of the molecule is CCC(C)NC(=O)C(=O)NCCN1CCNCC1. The van der Waals surface area contributed by atoms with Gasteiger partial charge in [0.2, 0.25) is 0 Å². The maximum absolute atomic E-state index is 11.5. The van der Waals surface area contributed by atoms with Crippen LogP contribution in [0.3, 0.4) is 0 Å². The largest absolute Gasteiger partial charge is 0.347 e. The van der Waals surface area contributed by atoms with Gasteiger partial charge < -0.3 is 16.0 Å². The van der Waals surface area contributed by atoms with Gasteiger partial charge in [-0.1, -0.05) is 6.92 Å². The van der Waals surface area contributed by atoms with E-state index in [4.69, 9.17) is 0 Å². The lowest BCUT2D eigenvalue weighted by Gasteiger charge is -2.27. The fraction of sp³-hybridized carbons (Fsp3) is 0.833. The van der Waals surface area contributed by atoms with Gasteiger partial charge in [0.1, 0.15) is 0 Å². The minimum Gasteiger partial charge on any atom is -0.347 e. The van der Waals surface area contributed by atoms with E-state index in [9.17, 15) is 9.59 Å². The molecular weight excluding hydrogens is 232 g/mol. The van der Waals surface area contributed by atoms with Gasteiger partial charge in [-0.3, -0.25) is 14.5 Å². The third-order valence-corrected chi connectivity index (χ3v) is 3.12. The van der Waals surface area contributed by atoms with E-state index >= 15 is 0 Å². The van der Waals surface area contributed by atoms with Gasteiger partial charge in [-0.2, -0.15) is 0 Å². The van der Waals surface area contributed by atoms with E-state index in [0.29, 0.717) is 6.54 Å². The van der Waals surface area contributed by atoms with Crippen molar-refractivity contribution in [1.29, 1.82) is 0 Å². The Kier molecular flexibility index (Phi) is 6.67. The second kappa shape index (κ2) is 8.05. The van der Waals surface area contributed by atoms with Crippen LogP contribution in [0.1, 0.15) is 20.3 Å². The number of hydrogen-bond donors (Lipinski definition) is 3. The van der Waals surface area contributed by atoms with E-state index in [1.54, 1.807) is 0 Å². The van der Waals surface area contributed by atoms with Crippen molar-refractivity contribution in [2.75, 3.05) is 39.3 Å². The minimum atomic E-state index is -0.537. The van der Waals surface area contributed by atoms with Gasteiger partial charge in [0.05, 0.1) is 0 Å². The number of amides is 2. The lowest BCUT2D eigenvalue weighted by atomic mass is 10.2. The van der Waals surface area contributed by atoms with Crippen LogP contribution in [0.25, 0.3) is 0 Å². The monoisotopic (exact) mass is 256 g/mol. The molecule has 1 heterocycles. The number of carbonyl (C=O) groups excluding carboxylic acids is 2. The number of piperazine rings is 1. The highest BCUT2D eigenvalue weighted by Crippen LogP contribution is 1.90. The summed E-state index contributed by atoms with van der Waals surface area (Å²) < 4.78 is 0. The highest BCUT2D eigenvalue weighted by Gasteiger charge is 2.15. The second-order valence-electron chi connectivity index (χ2n) is 4.63. The summed E-state index contributed by atoms with van der Waals surface area (Å²) in [5, 5.41) is 8.56. The molecule has 0 aromatic rings. The Hall–Kier alpha value is -1.14. The summed E-state index contributed by atoms with van der Waals surface area (Å²) in [5.41, 5.74) is 0. The summed E-state index contributed by atoms with van der Waals surface area (Å²) in [4.78, 5) is 25.2. The van der Waals surface area contributed by atoms with E-state index in [2.05, 4.69) is 20.9 Å². The van der Waals surface area contributed by atoms with Crippen LogP contribution in [0.5, 0.6) is 0 Å². The molecule has 1 fully saturated rings. The van der Waals surface area contributed by atoms with Gasteiger partial charge in [0.25, 0.3) is 0 Å². The molecule has 0 aromatic carbocycles. The van der Waals surface area contributed by atoms with Gasteiger partial charge in [0.15, 0.2) is 0 Å². The first-order valence-electron chi connectivity index (χ1n) is 6.65. The molecule has 1 saturated heterocycles. The summed E-state index contributed by atoms with van der Waals surface area (Å²) in [6, 6.07) is 0.0384. The topological polar surface area (TPSA) is 73.5 Å². The van der Waals surface area contributed by atoms with Gasteiger partial charge in [-0.15, -0.1) is 0 Å². The zero-order valence-electron chi connectivity index (χ0n) is 11.3. The van der Waals surface area contributed by atoms with Crippen LogP contribution in [0.4, 0.5) is 0 Å². The van der Waals surface area contributed by atoms with Gasteiger partial charge in [0, 0.05) is 45.3 Å². The predicted octanol–water partition coefficient (Wildman–Crippen LogP) is -1.08. The fourth-order valence-electron chi connectivity index (χ4n) is 1.73. The van der Waals surface area contributed by atoms with Crippen LogP contribution in [-0.2, 0) is 9.59 Å². The van der Waals surface area contributed by atoms with Crippen molar-refractivity contribution < 1.29 is 9.59 Å². The fourth-order valence-corrected chi connectivity index (χ4v) is 1.73. The second-order valence-corrected chi connectivity index (χ2v) is 4.63. The molecule has 1 aliphatic heterocycles. The first-order chi connectivity index (χ1) is 8.63. The van der Waals surface area contributed by atoms with E-state index in [1.807, 2.05) is 13.8 Å². The molecule has 1 aliphatic rings. The lowest BCUT2D eigenvalue weighted by Crippen LogP contribution is -2.48. The van der Waals surface area contributed by atoms with Crippen LogP contribution >= 0.6 is 0 Å². The van der Waals surface area contributed by atoms with E-state index in [-0.39, 0.29) is 6.04 Å². The molecule has 1 unspecified atom stereocenters. The van der Waals surface area contributed by atoms with Gasteiger partial charge >= 0.3 is 11.8 Å². The zero-order chi connectivity index (χ0) is 13.4. The van der Waals surface area contributed by atoms with Crippen molar-refractivity contribution in [3.05, 3.63) is 0 Å². The summed E-state index contributed by atoms with van der Waals surface area (Å²) in [6.45, 7) is 9.13. The Bertz CT molecular complexity index is 277. The maximum Gasteiger partial charge on any atom is 0.309 e. The van der Waals surface area contributed by atoms with Crippen molar-refractivity contribution in [3.63, 3.8) is 0 Å². The molecule has 0 spiro atoms. The highest BCUT2D eigenvalue weighted by atomic mass is 16.2. The standard InChI is InChI=1S/C12H24N4O2/c1-3-10(2)15-12(18)11(17)14-6-9-16-7-4-13-5-8-16/h10,13H,3-9H2,1-2H3,(H,14,17)(H,15,18). The average molecular weight is 256 g/mol. The quantitative estimate of drug-likeness (QED) is 0.547. The smallest absolute Gasteiger partial charge is 0.309 e. The first-order valence-corrected chi connectivity index (χ1v) is 6.65. The molecule has 3 N–H and O–H groups in total. The normalized spacial score (nSPS) is 18.1. The summed E-state index contributed by atoms with van der Waals surface area (Å²) >= 11 is 0. The molecule has 0 saturated carbocycles. The van der Waals surface area contributed by atoms with Crippen molar-refractivity contribution in [1.82, 2.24) is 20.9 Å². The van der Waals surface area contributed by atoms with Crippen molar-refractivity contribution in [3.8, 4) is 0 Å². The highest BCUT2D eigenvalue weighted by molar-refractivity contribution is 6.35. The molecule has 18 heavy (non-hydrogen) atoms. The molecule has 104 valence electrons. The average Bonchev–Trinajstić information content (AvgIpc) is 2.39. The maximum atomic E-state index is 11.5. The van der Waals surface area contributed by atoms with E-state index in [1.165, 1.54) is 0 Å².